The quantitative estimate of drug-likeness (QED) is 0.0294. The fraction of sp³-hybridized carbons (Fsp3) is 1.00. The second-order valence-electron chi connectivity index (χ2n) is 13.6. The van der Waals surface area contributed by atoms with E-state index in [4.69, 9.17) is 101 Å². The summed E-state index contributed by atoms with van der Waals surface area (Å²) in [5.74, 6) is 0. The van der Waals surface area contributed by atoms with Gasteiger partial charge in [0.2, 0.25) is 0 Å². The molecule has 0 aromatic rings. The average molecular weight is 1060 g/mol. The summed E-state index contributed by atoms with van der Waals surface area (Å²) in [6.45, 7) is 4.88. The molecule has 3 atom stereocenters. The molecule has 0 radical (unpaired) electrons. The number of aliphatic hydroxyl groups is 2. The SMILES string of the molecule is CO.CO[Si](CCCN)(OC)OC.CO[Si](CCCNCC(O)OCCC[Si](OC)(OC)OC)(OC)OC.CO[Si](CCCOC1CO1)(OC)OC.CO[Si](CCCOC1CO1)(OC)OC. The van der Waals surface area contributed by atoms with Gasteiger partial charge in [-0.2, -0.15) is 0 Å². The van der Waals surface area contributed by atoms with Gasteiger partial charge in [0.25, 0.3) is 0 Å². The van der Waals surface area contributed by atoms with Crippen molar-refractivity contribution >= 4 is 44.0 Å². The van der Waals surface area contributed by atoms with Crippen LogP contribution in [0.5, 0.6) is 0 Å². The molecule has 2 fully saturated rings. The third-order valence-corrected chi connectivity index (χ3v) is 24.1. The minimum Gasteiger partial charge on any atom is -0.400 e. The van der Waals surface area contributed by atoms with Crippen LogP contribution in [0.25, 0.3) is 0 Å². The summed E-state index contributed by atoms with van der Waals surface area (Å²) in [6.07, 6.45) is 3.29. The van der Waals surface area contributed by atoms with E-state index in [1.807, 2.05) is 0 Å². The summed E-state index contributed by atoms with van der Waals surface area (Å²) in [5, 5.41) is 20.0. The van der Waals surface area contributed by atoms with Crippen molar-refractivity contribution in [3.63, 3.8) is 0 Å². The van der Waals surface area contributed by atoms with Crippen LogP contribution in [0.4, 0.5) is 0 Å². The van der Waals surface area contributed by atoms with Crippen molar-refractivity contribution < 1.29 is 100 Å². The van der Waals surface area contributed by atoms with Gasteiger partial charge in [-0.1, -0.05) is 0 Å². The Morgan fingerprint density at radius 1 is 0.455 bits per heavy atom. The van der Waals surface area contributed by atoms with Gasteiger partial charge in [0.05, 0.1) is 0 Å². The van der Waals surface area contributed by atoms with Crippen LogP contribution >= 0.6 is 0 Å². The van der Waals surface area contributed by atoms with Crippen molar-refractivity contribution in [3.8, 4) is 0 Å². The lowest BCUT2D eigenvalue weighted by atomic mass is 10.4. The lowest BCUT2D eigenvalue weighted by Crippen LogP contribution is -2.43. The molecule has 0 spiro atoms. The van der Waals surface area contributed by atoms with Gasteiger partial charge in [-0.05, 0) is 45.2 Å². The summed E-state index contributed by atoms with van der Waals surface area (Å²) in [5.41, 5.74) is 5.36. The lowest BCUT2D eigenvalue weighted by Gasteiger charge is -2.24. The zero-order valence-corrected chi connectivity index (χ0v) is 48.1. The summed E-state index contributed by atoms with van der Waals surface area (Å²) < 4.78 is 105. The lowest BCUT2D eigenvalue weighted by molar-refractivity contribution is -0.0961. The van der Waals surface area contributed by atoms with Crippen LogP contribution in [-0.4, -0.2) is 240 Å². The van der Waals surface area contributed by atoms with Crippen LogP contribution in [0.2, 0.25) is 30.2 Å². The molecule has 2 aliphatic heterocycles. The molecule has 0 aromatic heterocycles. The molecule has 0 saturated carbocycles. The van der Waals surface area contributed by atoms with E-state index in [9.17, 15) is 5.11 Å². The highest BCUT2D eigenvalue weighted by atomic mass is 28.4. The molecule has 24 nitrogen and oxygen atoms in total. The van der Waals surface area contributed by atoms with Gasteiger partial charge in [-0.25, -0.2) is 0 Å². The van der Waals surface area contributed by atoms with Gasteiger partial charge in [-0.15, -0.1) is 0 Å². The Labute approximate surface area is 401 Å². The minimum absolute atomic E-state index is 0.0266. The molecule has 29 heteroatoms. The molecule has 0 amide bonds. The molecule has 5 N–H and O–H groups in total. The maximum absolute atomic E-state index is 9.82. The fourth-order valence-corrected chi connectivity index (χ4v) is 14.1. The highest BCUT2D eigenvalue weighted by Crippen LogP contribution is 2.19. The third kappa shape index (κ3) is 32.2. The number of hydrogen-bond acceptors (Lipinski definition) is 24. The van der Waals surface area contributed by atoms with Crippen LogP contribution in [0.1, 0.15) is 32.1 Å². The maximum atomic E-state index is 9.82. The first kappa shape index (κ1) is 70.4. The van der Waals surface area contributed by atoms with Gasteiger partial charge in [-0.3, -0.25) is 0 Å². The standard InChI is InChI=1S/C14H35NO8Si2.2C8H18O5Si.C6H17NO3Si.CH4O/c1-17-24(18-2,19-3)11-7-9-15-13-14(16)23-10-8-12-25(20-4,21-5)22-6;2*1-9-14(10-2,11-3)6-4-5-12-8-7-13-8;1-8-11(9-2,10-3)6-4-5-7;1-2/h14-16H,7-13H2,1-6H3;2*8H,4-7H2,1-3H3;4-7H2,1-3H3;2H,1H3. The van der Waals surface area contributed by atoms with E-state index in [1.54, 1.807) is 107 Å². The van der Waals surface area contributed by atoms with E-state index < -0.39 is 50.3 Å². The largest absolute Gasteiger partial charge is 0.500 e. The molecule has 66 heavy (non-hydrogen) atoms. The zero-order valence-electron chi connectivity index (χ0n) is 43.1. The van der Waals surface area contributed by atoms with Crippen molar-refractivity contribution in [1.82, 2.24) is 5.32 Å². The Morgan fingerprint density at radius 3 is 0.970 bits per heavy atom. The first-order valence-electron chi connectivity index (χ1n) is 21.6. The first-order valence-corrected chi connectivity index (χ1v) is 31.3. The molecule has 2 heterocycles. The van der Waals surface area contributed by atoms with Crippen molar-refractivity contribution in [2.45, 2.75) is 81.2 Å². The number of rotatable bonds is 39. The molecule has 0 aliphatic carbocycles. The molecule has 2 rings (SSSR count). The Kier molecular flexibility index (Phi) is 46.8. The maximum Gasteiger partial charge on any atom is 0.500 e. The van der Waals surface area contributed by atoms with Crippen molar-refractivity contribution in [2.24, 2.45) is 5.73 Å². The Balaban J connectivity index is -0.000000832. The van der Waals surface area contributed by atoms with Gasteiger partial charge in [0.15, 0.2) is 18.9 Å². The predicted molar refractivity (Wildman–Crippen MR) is 254 cm³/mol. The van der Waals surface area contributed by atoms with E-state index in [0.29, 0.717) is 58.0 Å². The van der Waals surface area contributed by atoms with Crippen LogP contribution in [0.15, 0.2) is 0 Å². The molecule has 2 saturated heterocycles. The molecule has 0 aromatic carbocycles. The average Bonchev–Trinajstić information content (AvgIpc) is 4.33. The number of nitrogens with one attached hydrogen (secondary N) is 1. The first-order chi connectivity index (χ1) is 31.7. The molecule has 402 valence electrons. The van der Waals surface area contributed by atoms with Gasteiger partial charge >= 0.3 is 44.0 Å². The predicted octanol–water partition coefficient (Wildman–Crippen LogP) is 1.52. The zero-order chi connectivity index (χ0) is 50.8. The minimum atomic E-state index is -2.56. The highest BCUT2D eigenvalue weighted by Gasteiger charge is 2.40. The Bertz CT molecular complexity index is 960. The van der Waals surface area contributed by atoms with E-state index in [0.717, 1.165) is 64.1 Å². The van der Waals surface area contributed by atoms with Gasteiger partial charge in [0, 0.05) is 170 Å². The second-order valence-corrected chi connectivity index (χ2v) is 29.0. The summed E-state index contributed by atoms with van der Waals surface area (Å²) in [7, 11) is 12.9. The van der Waals surface area contributed by atoms with Crippen molar-refractivity contribution in [2.75, 3.05) is 166 Å². The number of nitrogens with two attached hydrogens (primary N) is 1. The van der Waals surface area contributed by atoms with Crippen molar-refractivity contribution in [3.05, 3.63) is 0 Å². The highest BCUT2D eigenvalue weighted by molar-refractivity contribution is 6.62. The van der Waals surface area contributed by atoms with Gasteiger partial charge < -0.3 is 111 Å². The number of aliphatic hydroxyl groups excluding tert-OH is 2. The number of epoxide rings is 2. The smallest absolute Gasteiger partial charge is 0.400 e. The summed E-state index contributed by atoms with van der Waals surface area (Å²) >= 11 is 0. The van der Waals surface area contributed by atoms with Crippen LogP contribution < -0.4 is 11.1 Å². The topological polar surface area (TPSA) is 270 Å². The van der Waals surface area contributed by atoms with Crippen LogP contribution in [0, 0.1) is 0 Å². The van der Waals surface area contributed by atoms with E-state index >= 15 is 0 Å². The van der Waals surface area contributed by atoms with Gasteiger partial charge in [0.1, 0.15) is 13.2 Å². The van der Waals surface area contributed by atoms with Crippen molar-refractivity contribution in [1.29, 1.82) is 0 Å². The molecular weight excluding hydrogens is 965 g/mol. The Hall–Kier alpha value is 0.124. The monoisotopic (exact) mass is 1060 g/mol. The molecule has 0 bridgehead atoms. The third-order valence-electron chi connectivity index (χ3n) is 9.91. The van der Waals surface area contributed by atoms with E-state index in [-0.39, 0.29) is 12.6 Å². The number of hydrogen-bond donors (Lipinski definition) is 4. The van der Waals surface area contributed by atoms with E-state index in [1.165, 1.54) is 0 Å². The Morgan fingerprint density at radius 2 is 0.712 bits per heavy atom. The van der Waals surface area contributed by atoms with E-state index in [2.05, 4.69) is 5.32 Å². The second kappa shape index (κ2) is 43.9. The number of ether oxygens (including phenoxy) is 5. The molecule has 2 aliphatic rings. The summed E-state index contributed by atoms with van der Waals surface area (Å²) in [6, 6.07) is 3.66. The van der Waals surface area contributed by atoms with Crippen LogP contribution in [-0.2, 0) is 90.1 Å². The van der Waals surface area contributed by atoms with Crippen LogP contribution in [0.3, 0.4) is 0 Å². The molecular formula is C37H92N2O22Si5. The normalized spacial score (nSPS) is 16.4. The summed E-state index contributed by atoms with van der Waals surface area (Å²) in [4.78, 5) is 0. The molecule has 3 unspecified atom stereocenters. The fourth-order valence-electron chi connectivity index (χ4n) is 5.60.